The summed E-state index contributed by atoms with van der Waals surface area (Å²) in [6, 6.07) is 12.8. The number of nitro benzene ring substituents is 1. The van der Waals surface area contributed by atoms with Gasteiger partial charge >= 0.3 is 0 Å². The highest BCUT2D eigenvalue weighted by Gasteiger charge is 2.19. The second-order valence-electron chi connectivity index (χ2n) is 6.32. The van der Waals surface area contributed by atoms with Crippen LogP contribution in [-0.2, 0) is 4.79 Å². The van der Waals surface area contributed by atoms with Gasteiger partial charge in [0.05, 0.1) is 10.5 Å². The van der Waals surface area contributed by atoms with Crippen molar-refractivity contribution >= 4 is 23.4 Å². The lowest BCUT2D eigenvalue weighted by atomic mass is 10.1. The van der Waals surface area contributed by atoms with E-state index in [1.165, 1.54) is 24.3 Å². The molecule has 0 spiro atoms. The summed E-state index contributed by atoms with van der Waals surface area (Å²) in [5.74, 6) is -0.373. The zero-order valence-electron chi connectivity index (χ0n) is 15.2. The van der Waals surface area contributed by atoms with E-state index in [9.17, 15) is 19.3 Å². The third-order valence-corrected chi connectivity index (χ3v) is 4.54. The SMILES string of the molecule is O=C(C=CC=Cc1ccccc1[N+](=O)[O-])N1CCN(c2ccc(F)cc2)CC1. The lowest BCUT2D eigenvalue weighted by molar-refractivity contribution is -0.385. The van der Waals surface area contributed by atoms with Gasteiger partial charge in [0, 0.05) is 44.0 Å². The number of benzene rings is 2. The summed E-state index contributed by atoms with van der Waals surface area (Å²) in [6.45, 7) is 2.51. The summed E-state index contributed by atoms with van der Waals surface area (Å²) in [5.41, 5.74) is 1.45. The van der Waals surface area contributed by atoms with Gasteiger partial charge in [0.1, 0.15) is 5.82 Å². The summed E-state index contributed by atoms with van der Waals surface area (Å²) in [4.78, 5) is 26.7. The number of para-hydroxylation sites is 1. The van der Waals surface area contributed by atoms with E-state index >= 15 is 0 Å². The van der Waals surface area contributed by atoms with Gasteiger partial charge in [-0.1, -0.05) is 24.3 Å². The van der Waals surface area contributed by atoms with Crippen molar-refractivity contribution in [1.29, 1.82) is 0 Å². The van der Waals surface area contributed by atoms with Gasteiger partial charge in [-0.25, -0.2) is 4.39 Å². The van der Waals surface area contributed by atoms with Crippen molar-refractivity contribution < 1.29 is 14.1 Å². The number of rotatable bonds is 5. The van der Waals surface area contributed by atoms with E-state index in [1.54, 1.807) is 53.5 Å². The number of piperazine rings is 1. The third kappa shape index (κ3) is 4.82. The van der Waals surface area contributed by atoms with E-state index < -0.39 is 4.92 Å². The smallest absolute Gasteiger partial charge is 0.276 e. The minimum atomic E-state index is -0.435. The zero-order valence-corrected chi connectivity index (χ0v) is 15.2. The highest BCUT2D eigenvalue weighted by atomic mass is 19.1. The zero-order chi connectivity index (χ0) is 19.9. The summed E-state index contributed by atoms with van der Waals surface area (Å²) in [7, 11) is 0. The molecule has 1 fully saturated rings. The number of anilines is 1. The molecule has 6 nitrogen and oxygen atoms in total. The maximum atomic E-state index is 13.0. The van der Waals surface area contributed by atoms with Crippen LogP contribution in [0.25, 0.3) is 6.08 Å². The van der Waals surface area contributed by atoms with Gasteiger partial charge in [0.25, 0.3) is 5.69 Å². The van der Waals surface area contributed by atoms with Gasteiger partial charge in [0.2, 0.25) is 5.91 Å². The van der Waals surface area contributed by atoms with Crippen LogP contribution in [0.15, 0.2) is 66.8 Å². The van der Waals surface area contributed by atoms with Gasteiger partial charge in [-0.3, -0.25) is 14.9 Å². The molecule has 0 saturated carbocycles. The Balaban J connectivity index is 1.53. The van der Waals surface area contributed by atoms with Gasteiger partial charge in [0.15, 0.2) is 0 Å². The Hall–Kier alpha value is -3.48. The Labute approximate surface area is 162 Å². The highest BCUT2D eigenvalue weighted by Crippen LogP contribution is 2.19. The van der Waals surface area contributed by atoms with Crippen LogP contribution in [-0.4, -0.2) is 41.9 Å². The van der Waals surface area contributed by atoms with Crippen LogP contribution in [0.2, 0.25) is 0 Å². The number of hydrogen-bond acceptors (Lipinski definition) is 4. The average molecular weight is 381 g/mol. The van der Waals surface area contributed by atoms with Crippen LogP contribution in [0.1, 0.15) is 5.56 Å². The highest BCUT2D eigenvalue weighted by molar-refractivity contribution is 5.88. The number of nitrogens with zero attached hydrogens (tertiary/aromatic N) is 3. The van der Waals surface area contributed by atoms with Gasteiger partial charge in [-0.2, -0.15) is 0 Å². The molecule has 1 aliphatic rings. The van der Waals surface area contributed by atoms with Gasteiger partial charge < -0.3 is 9.80 Å². The molecular weight excluding hydrogens is 361 g/mol. The van der Waals surface area contributed by atoms with Gasteiger partial charge in [-0.15, -0.1) is 0 Å². The van der Waals surface area contributed by atoms with E-state index in [0.717, 1.165) is 5.69 Å². The van der Waals surface area contributed by atoms with E-state index in [-0.39, 0.29) is 17.4 Å². The largest absolute Gasteiger partial charge is 0.368 e. The molecule has 0 bridgehead atoms. The summed E-state index contributed by atoms with van der Waals surface area (Å²) < 4.78 is 13.0. The lowest BCUT2D eigenvalue weighted by Gasteiger charge is -2.35. The maximum absolute atomic E-state index is 13.0. The van der Waals surface area contributed by atoms with Crippen LogP contribution < -0.4 is 4.90 Å². The quantitative estimate of drug-likeness (QED) is 0.343. The first-order chi connectivity index (χ1) is 13.5. The van der Waals surface area contributed by atoms with Crippen molar-refractivity contribution in [2.45, 2.75) is 0 Å². The molecule has 0 aliphatic carbocycles. The second-order valence-corrected chi connectivity index (χ2v) is 6.32. The number of allylic oxidation sites excluding steroid dienone is 2. The van der Waals surface area contributed by atoms with E-state index in [1.807, 2.05) is 0 Å². The van der Waals surface area contributed by atoms with Crippen LogP contribution >= 0.6 is 0 Å². The molecule has 0 aromatic heterocycles. The van der Waals surface area contributed by atoms with Crippen molar-refractivity contribution in [2.24, 2.45) is 0 Å². The van der Waals surface area contributed by atoms with Crippen LogP contribution in [0.5, 0.6) is 0 Å². The van der Waals surface area contributed by atoms with Crippen molar-refractivity contribution in [3.05, 3.63) is 88.3 Å². The summed E-state index contributed by atoms with van der Waals surface area (Å²) in [6.07, 6.45) is 6.27. The molecule has 1 saturated heterocycles. The normalized spacial score (nSPS) is 14.8. The van der Waals surface area contributed by atoms with Gasteiger partial charge in [-0.05, 0) is 36.4 Å². The molecule has 7 heteroatoms. The summed E-state index contributed by atoms with van der Waals surface area (Å²) >= 11 is 0. The predicted octanol–water partition coefficient (Wildman–Crippen LogP) is 3.65. The topological polar surface area (TPSA) is 66.7 Å². The monoisotopic (exact) mass is 381 g/mol. The Morgan fingerprint density at radius 2 is 1.68 bits per heavy atom. The molecule has 0 radical (unpaired) electrons. The van der Waals surface area contributed by atoms with Crippen molar-refractivity contribution in [1.82, 2.24) is 4.90 Å². The average Bonchev–Trinajstić information content (AvgIpc) is 2.72. The number of amides is 1. The molecular formula is C21H20FN3O3. The fraction of sp³-hybridized carbons (Fsp3) is 0.190. The van der Waals surface area contributed by atoms with Crippen LogP contribution in [0, 0.1) is 15.9 Å². The molecule has 0 atom stereocenters. The molecule has 144 valence electrons. The Kier molecular flexibility index (Phi) is 6.16. The second kappa shape index (κ2) is 8.94. The first-order valence-corrected chi connectivity index (χ1v) is 8.92. The summed E-state index contributed by atoms with van der Waals surface area (Å²) in [5, 5.41) is 11.0. The first-order valence-electron chi connectivity index (χ1n) is 8.92. The van der Waals surface area contributed by atoms with Crippen molar-refractivity contribution in [3.63, 3.8) is 0 Å². The van der Waals surface area contributed by atoms with Crippen LogP contribution in [0.4, 0.5) is 15.8 Å². The van der Waals surface area contributed by atoms with E-state index in [4.69, 9.17) is 0 Å². The minimum Gasteiger partial charge on any atom is -0.368 e. The Morgan fingerprint density at radius 1 is 1.00 bits per heavy atom. The Bertz CT molecular complexity index is 901. The molecule has 0 N–H and O–H groups in total. The number of carbonyl (C=O) groups excluding carboxylic acids is 1. The molecule has 28 heavy (non-hydrogen) atoms. The molecule has 1 amide bonds. The molecule has 3 rings (SSSR count). The van der Waals surface area contributed by atoms with E-state index in [0.29, 0.717) is 31.7 Å². The number of nitro groups is 1. The minimum absolute atomic E-state index is 0.0235. The fourth-order valence-electron chi connectivity index (χ4n) is 3.03. The first kappa shape index (κ1) is 19.3. The number of hydrogen-bond donors (Lipinski definition) is 0. The molecule has 2 aromatic carbocycles. The molecule has 1 aliphatic heterocycles. The lowest BCUT2D eigenvalue weighted by Crippen LogP contribution is -2.48. The number of carbonyl (C=O) groups is 1. The van der Waals surface area contributed by atoms with E-state index in [2.05, 4.69) is 4.90 Å². The van der Waals surface area contributed by atoms with Crippen LogP contribution in [0.3, 0.4) is 0 Å². The Morgan fingerprint density at radius 3 is 2.36 bits per heavy atom. The number of halogens is 1. The van der Waals surface area contributed by atoms with Crippen molar-refractivity contribution in [3.8, 4) is 0 Å². The molecule has 2 aromatic rings. The predicted molar refractivity (Wildman–Crippen MR) is 106 cm³/mol. The standard InChI is InChI=1S/C21H20FN3O3/c22-18-9-11-19(12-10-18)23-13-15-24(16-14-23)21(26)8-4-2-6-17-5-1-3-7-20(17)25(27)28/h1-12H,13-16H2. The molecule has 1 heterocycles. The maximum Gasteiger partial charge on any atom is 0.276 e. The van der Waals surface area contributed by atoms with Crippen molar-refractivity contribution in [2.75, 3.05) is 31.1 Å². The molecule has 0 unspecified atom stereocenters. The fourth-order valence-corrected chi connectivity index (χ4v) is 3.03. The third-order valence-electron chi connectivity index (χ3n) is 4.54.